The standard InChI is InChI=1S/C46H40N2O2/c1-28(2)30-21-23-47-27-35-31-13-5-6-14-32(31)38-16-9-10-22-48(38)39(35)17-11-12-29-19-20-33-34-25-37-43(26-42(34)50-45(33)44(29)40(47)24-30)49-41-18-8-7-15-36(41)46(37,3)4/h5-11,13-26,28,35,39H,12,27H2,1-4H3/q+2/b17-11+. The van der Waals surface area contributed by atoms with Gasteiger partial charge in [0, 0.05) is 57.6 Å². The summed E-state index contributed by atoms with van der Waals surface area (Å²) in [7, 11) is 0. The van der Waals surface area contributed by atoms with Crippen LogP contribution in [0, 0.1) is 0 Å². The van der Waals surface area contributed by atoms with E-state index in [0.29, 0.717) is 5.92 Å². The summed E-state index contributed by atoms with van der Waals surface area (Å²) in [5.41, 5.74) is 13.0. The van der Waals surface area contributed by atoms with E-state index in [1.54, 1.807) is 0 Å². The second kappa shape index (κ2) is 10.8. The van der Waals surface area contributed by atoms with Gasteiger partial charge >= 0.3 is 0 Å². The Balaban J connectivity index is 1.22. The Kier molecular flexibility index (Phi) is 6.33. The highest BCUT2D eigenvalue weighted by Gasteiger charge is 2.42. The van der Waals surface area contributed by atoms with Gasteiger partial charge in [0.25, 0.3) is 0 Å². The van der Waals surface area contributed by atoms with Crippen molar-refractivity contribution in [3.8, 4) is 34.0 Å². The molecule has 0 fully saturated rings. The molecule has 0 radical (unpaired) electrons. The number of nitrogens with zero attached hydrogens (tertiary/aromatic N) is 2. The summed E-state index contributed by atoms with van der Waals surface area (Å²) in [6.45, 7) is 9.99. The maximum Gasteiger partial charge on any atom is 0.216 e. The fourth-order valence-electron chi connectivity index (χ4n) is 8.90. The van der Waals surface area contributed by atoms with Gasteiger partial charge in [-0.15, -0.1) is 0 Å². The highest BCUT2D eigenvalue weighted by atomic mass is 16.5. The lowest BCUT2D eigenvalue weighted by Crippen LogP contribution is -2.51. The molecule has 0 bridgehead atoms. The van der Waals surface area contributed by atoms with Gasteiger partial charge in [0.1, 0.15) is 28.6 Å². The Hall–Kier alpha value is -5.48. The molecule has 7 aromatic rings. The van der Waals surface area contributed by atoms with E-state index in [2.05, 4.69) is 158 Å². The molecule has 3 aliphatic rings. The number of pyridine rings is 2. The van der Waals surface area contributed by atoms with E-state index in [0.717, 1.165) is 46.4 Å². The second-order valence-corrected chi connectivity index (χ2v) is 15.1. The normalized spacial score (nSPS) is 18.9. The lowest BCUT2D eigenvalue weighted by Gasteiger charge is -2.34. The first-order chi connectivity index (χ1) is 24.4. The van der Waals surface area contributed by atoms with Gasteiger partial charge in [-0.05, 0) is 59.4 Å². The van der Waals surface area contributed by atoms with Crippen molar-refractivity contribution in [2.75, 3.05) is 0 Å². The summed E-state index contributed by atoms with van der Waals surface area (Å²) < 4.78 is 18.5. The number of rotatable bonds is 1. The van der Waals surface area contributed by atoms with Gasteiger partial charge in [0.15, 0.2) is 25.0 Å². The van der Waals surface area contributed by atoms with Gasteiger partial charge in [-0.25, -0.2) is 0 Å². The van der Waals surface area contributed by atoms with Gasteiger partial charge in [0.05, 0.1) is 11.1 Å². The number of allylic oxidation sites excluding steroid dienone is 2. The van der Waals surface area contributed by atoms with Crippen molar-refractivity contribution in [3.63, 3.8) is 0 Å². The van der Waals surface area contributed by atoms with Crippen LogP contribution >= 0.6 is 0 Å². The number of furan rings is 1. The maximum absolute atomic E-state index is 6.99. The van der Waals surface area contributed by atoms with Crippen molar-refractivity contribution >= 4 is 21.9 Å². The van der Waals surface area contributed by atoms with Crippen LogP contribution in [0.4, 0.5) is 0 Å². The minimum Gasteiger partial charge on any atom is -0.457 e. The van der Waals surface area contributed by atoms with E-state index >= 15 is 0 Å². The first kappa shape index (κ1) is 29.4. The van der Waals surface area contributed by atoms with E-state index in [-0.39, 0.29) is 17.4 Å². The number of fused-ring (bicyclic) bond motifs is 15. The molecule has 0 N–H and O–H groups in total. The molecule has 0 amide bonds. The molecule has 244 valence electrons. The second-order valence-electron chi connectivity index (χ2n) is 15.1. The molecule has 4 heteroatoms. The number of benzene rings is 4. The van der Waals surface area contributed by atoms with Crippen molar-refractivity contribution < 1.29 is 18.3 Å². The molecule has 3 aromatic heterocycles. The minimum atomic E-state index is -0.204. The van der Waals surface area contributed by atoms with Crippen LogP contribution in [0.1, 0.15) is 73.4 Å². The maximum atomic E-state index is 6.99. The third-order valence-corrected chi connectivity index (χ3v) is 11.6. The van der Waals surface area contributed by atoms with Crippen LogP contribution in [0.3, 0.4) is 0 Å². The minimum absolute atomic E-state index is 0.196. The van der Waals surface area contributed by atoms with E-state index in [4.69, 9.17) is 9.15 Å². The Bertz CT molecular complexity index is 2550. The molecule has 0 saturated heterocycles. The smallest absolute Gasteiger partial charge is 0.216 e. The molecular weight excluding hydrogens is 613 g/mol. The summed E-state index contributed by atoms with van der Waals surface area (Å²) >= 11 is 0. The largest absolute Gasteiger partial charge is 0.457 e. The molecule has 0 spiro atoms. The average molecular weight is 653 g/mol. The van der Waals surface area contributed by atoms with Gasteiger partial charge in [-0.2, -0.15) is 9.13 Å². The summed E-state index contributed by atoms with van der Waals surface area (Å²) in [4.78, 5) is 0. The molecule has 3 aliphatic heterocycles. The van der Waals surface area contributed by atoms with Crippen LogP contribution in [-0.2, 0) is 18.4 Å². The summed E-state index contributed by atoms with van der Waals surface area (Å²) in [6.07, 6.45) is 10.2. The molecule has 4 aromatic carbocycles. The molecule has 10 rings (SSSR count). The van der Waals surface area contributed by atoms with E-state index in [1.165, 1.54) is 50.3 Å². The fourth-order valence-corrected chi connectivity index (χ4v) is 8.90. The Morgan fingerprint density at radius 3 is 2.50 bits per heavy atom. The van der Waals surface area contributed by atoms with Crippen molar-refractivity contribution in [3.05, 3.63) is 155 Å². The van der Waals surface area contributed by atoms with Crippen LogP contribution < -0.4 is 13.9 Å². The number of aromatic nitrogens is 2. The van der Waals surface area contributed by atoms with E-state index < -0.39 is 0 Å². The topological polar surface area (TPSA) is 30.1 Å². The van der Waals surface area contributed by atoms with Crippen molar-refractivity contribution in [2.45, 2.75) is 64.0 Å². The zero-order chi connectivity index (χ0) is 33.7. The predicted molar refractivity (Wildman–Crippen MR) is 199 cm³/mol. The third kappa shape index (κ3) is 4.24. The van der Waals surface area contributed by atoms with Gasteiger partial charge in [-0.3, -0.25) is 0 Å². The Morgan fingerprint density at radius 2 is 1.60 bits per heavy atom. The fraction of sp³-hybridized carbons (Fsp3) is 0.217. The van der Waals surface area contributed by atoms with Crippen LogP contribution in [0.15, 0.2) is 132 Å². The highest BCUT2D eigenvalue weighted by molar-refractivity contribution is 6.10. The Morgan fingerprint density at radius 1 is 0.760 bits per heavy atom. The molecular formula is C46H40N2O2+2. The number of hydrogen-bond acceptors (Lipinski definition) is 2. The van der Waals surface area contributed by atoms with E-state index in [1.807, 2.05) is 6.07 Å². The molecule has 2 unspecified atom stereocenters. The molecule has 0 aliphatic carbocycles. The number of hydrogen-bond donors (Lipinski definition) is 0. The first-order valence-electron chi connectivity index (χ1n) is 18.0. The quantitative estimate of drug-likeness (QED) is 0.131. The van der Waals surface area contributed by atoms with Crippen molar-refractivity contribution in [1.29, 1.82) is 0 Å². The van der Waals surface area contributed by atoms with Crippen LogP contribution in [0.25, 0.3) is 44.5 Å². The zero-order valence-corrected chi connectivity index (χ0v) is 29.0. The average Bonchev–Trinajstić information content (AvgIpc) is 3.49. The Labute approximate surface area is 292 Å². The van der Waals surface area contributed by atoms with Gasteiger partial charge < -0.3 is 9.15 Å². The van der Waals surface area contributed by atoms with Crippen LogP contribution in [0.2, 0.25) is 0 Å². The summed E-state index contributed by atoms with van der Waals surface area (Å²) in [5, 5.41) is 2.27. The number of ether oxygens (including phenoxy) is 1. The SMILES string of the molecule is CC(C)c1cc[n+]2c(c1)-c1c(ccc3c1oc1cc4c(cc13)C(C)(C)c1ccccc1O4)C/C=C/C1C(C2)c2ccccc2-c2cccc[n+]21. The van der Waals surface area contributed by atoms with Crippen molar-refractivity contribution in [1.82, 2.24) is 0 Å². The summed E-state index contributed by atoms with van der Waals surface area (Å²) in [5.74, 6) is 2.43. The molecule has 4 nitrogen and oxygen atoms in total. The van der Waals surface area contributed by atoms with Gasteiger partial charge in [0.2, 0.25) is 11.4 Å². The van der Waals surface area contributed by atoms with Crippen molar-refractivity contribution in [2.24, 2.45) is 0 Å². The highest BCUT2D eigenvalue weighted by Crippen LogP contribution is 2.51. The first-order valence-corrected chi connectivity index (χ1v) is 18.0. The number of para-hydroxylation sites is 1. The molecule has 6 heterocycles. The van der Waals surface area contributed by atoms with Gasteiger partial charge in [-0.1, -0.05) is 82.3 Å². The van der Waals surface area contributed by atoms with E-state index in [9.17, 15) is 0 Å². The zero-order valence-electron chi connectivity index (χ0n) is 29.0. The molecule has 50 heavy (non-hydrogen) atoms. The molecule has 2 atom stereocenters. The third-order valence-electron chi connectivity index (χ3n) is 11.6. The lowest BCUT2D eigenvalue weighted by atomic mass is 9.75. The summed E-state index contributed by atoms with van der Waals surface area (Å²) in [6, 6.07) is 37.9. The lowest BCUT2D eigenvalue weighted by molar-refractivity contribution is -0.733. The monoisotopic (exact) mass is 652 g/mol. The molecule has 0 saturated carbocycles. The van der Waals surface area contributed by atoms with Crippen LogP contribution in [0.5, 0.6) is 11.5 Å². The van der Waals surface area contributed by atoms with Crippen LogP contribution in [-0.4, -0.2) is 0 Å². The predicted octanol–water partition coefficient (Wildman–Crippen LogP) is 10.5.